The number of ketones is 1. The first-order valence-corrected chi connectivity index (χ1v) is 5.56. The van der Waals surface area contributed by atoms with Crippen molar-refractivity contribution in [2.24, 2.45) is 0 Å². The molecule has 0 amide bonds. The zero-order valence-corrected chi connectivity index (χ0v) is 10.2. The topological polar surface area (TPSA) is 56.5 Å². The number of rotatable bonds is 4. The van der Waals surface area contributed by atoms with Crippen molar-refractivity contribution in [1.29, 1.82) is 0 Å². The monoisotopic (exact) mass is 262 g/mol. The summed E-state index contributed by atoms with van der Waals surface area (Å²) in [6.07, 6.45) is -0.124. The molecular formula is C14H11FO4. The van der Waals surface area contributed by atoms with Gasteiger partial charge in [0.15, 0.2) is 5.76 Å². The summed E-state index contributed by atoms with van der Waals surface area (Å²) in [5, 5.41) is 0. The molecule has 0 radical (unpaired) electrons. The van der Waals surface area contributed by atoms with Crippen LogP contribution >= 0.6 is 0 Å². The van der Waals surface area contributed by atoms with E-state index in [9.17, 15) is 14.0 Å². The Kier molecular flexibility index (Phi) is 3.75. The largest absolute Gasteiger partial charge is 0.463 e. The lowest BCUT2D eigenvalue weighted by Crippen LogP contribution is -2.04. The first kappa shape index (κ1) is 13.0. The van der Waals surface area contributed by atoms with Crippen LogP contribution in [0.25, 0.3) is 0 Å². The van der Waals surface area contributed by atoms with Crippen molar-refractivity contribution in [2.75, 3.05) is 7.11 Å². The number of carbonyl (C=O) groups excluding carboxylic acids is 2. The fourth-order valence-corrected chi connectivity index (χ4v) is 1.60. The molecule has 98 valence electrons. The lowest BCUT2D eigenvalue weighted by molar-refractivity contribution is 0.0563. The van der Waals surface area contributed by atoms with E-state index in [0.717, 1.165) is 0 Å². The normalized spacial score (nSPS) is 10.2. The third kappa shape index (κ3) is 2.88. The molecule has 0 saturated carbocycles. The van der Waals surface area contributed by atoms with Crippen LogP contribution in [0.1, 0.15) is 26.7 Å². The molecule has 0 unspecified atom stereocenters. The van der Waals surface area contributed by atoms with E-state index in [2.05, 4.69) is 4.74 Å². The molecule has 0 saturated heterocycles. The Balaban J connectivity index is 2.15. The van der Waals surface area contributed by atoms with Gasteiger partial charge in [0.1, 0.15) is 5.82 Å². The number of esters is 1. The molecule has 0 aliphatic carbocycles. The summed E-state index contributed by atoms with van der Waals surface area (Å²) >= 11 is 0. The van der Waals surface area contributed by atoms with Crippen molar-refractivity contribution < 1.29 is 23.1 Å². The van der Waals surface area contributed by atoms with Gasteiger partial charge in [-0.05, 0) is 23.8 Å². The molecule has 0 fully saturated rings. The van der Waals surface area contributed by atoms with Crippen molar-refractivity contribution in [3.8, 4) is 0 Å². The van der Waals surface area contributed by atoms with Crippen molar-refractivity contribution >= 4 is 11.8 Å². The molecule has 1 aromatic heterocycles. The third-order valence-corrected chi connectivity index (χ3v) is 2.58. The third-order valence-electron chi connectivity index (χ3n) is 2.58. The van der Waals surface area contributed by atoms with E-state index in [1.54, 1.807) is 12.1 Å². The minimum atomic E-state index is -0.662. The second-order valence-corrected chi connectivity index (χ2v) is 3.85. The molecule has 19 heavy (non-hydrogen) atoms. The molecule has 0 spiro atoms. The second-order valence-electron chi connectivity index (χ2n) is 3.85. The fourth-order valence-electron chi connectivity index (χ4n) is 1.60. The minimum Gasteiger partial charge on any atom is -0.463 e. The Morgan fingerprint density at radius 1 is 1.16 bits per heavy atom. The first-order valence-electron chi connectivity index (χ1n) is 5.56. The Hall–Kier alpha value is -2.43. The van der Waals surface area contributed by atoms with E-state index >= 15 is 0 Å². The molecule has 0 atom stereocenters. The number of ether oxygens (including phenoxy) is 1. The van der Waals surface area contributed by atoms with E-state index in [1.807, 2.05) is 0 Å². The van der Waals surface area contributed by atoms with Gasteiger partial charge in [-0.3, -0.25) is 4.79 Å². The van der Waals surface area contributed by atoms with Crippen LogP contribution in [-0.2, 0) is 11.2 Å². The standard InChI is InChI=1S/C14H11FO4/c1-18-14(17)13-7-6-12(19-13)11(16)8-9-4-2-3-5-10(9)15/h2-7H,8H2,1H3. The van der Waals surface area contributed by atoms with Crippen LogP contribution < -0.4 is 0 Å². The van der Waals surface area contributed by atoms with E-state index < -0.39 is 17.6 Å². The van der Waals surface area contributed by atoms with Crippen molar-refractivity contribution in [3.05, 3.63) is 59.3 Å². The van der Waals surface area contributed by atoms with Gasteiger partial charge in [-0.1, -0.05) is 18.2 Å². The van der Waals surface area contributed by atoms with Crippen LogP contribution in [0, 0.1) is 5.82 Å². The van der Waals surface area contributed by atoms with Gasteiger partial charge in [-0.25, -0.2) is 9.18 Å². The smallest absolute Gasteiger partial charge is 0.373 e. The van der Waals surface area contributed by atoms with Gasteiger partial charge in [-0.15, -0.1) is 0 Å². The lowest BCUT2D eigenvalue weighted by Gasteiger charge is -2.00. The SMILES string of the molecule is COC(=O)c1ccc(C(=O)Cc2ccccc2F)o1. The first-order chi connectivity index (χ1) is 9.11. The summed E-state index contributed by atoms with van der Waals surface area (Å²) in [6.45, 7) is 0. The quantitative estimate of drug-likeness (QED) is 0.627. The molecule has 0 aliphatic heterocycles. The van der Waals surface area contributed by atoms with E-state index in [1.165, 1.54) is 31.4 Å². The number of hydrogen-bond acceptors (Lipinski definition) is 4. The van der Waals surface area contributed by atoms with Crippen LogP contribution in [0.3, 0.4) is 0 Å². The van der Waals surface area contributed by atoms with E-state index in [0.29, 0.717) is 0 Å². The zero-order chi connectivity index (χ0) is 13.8. The number of hydrogen-bond donors (Lipinski definition) is 0. The van der Waals surface area contributed by atoms with Gasteiger partial charge < -0.3 is 9.15 Å². The van der Waals surface area contributed by atoms with Crippen molar-refractivity contribution in [1.82, 2.24) is 0 Å². The predicted molar refractivity (Wildman–Crippen MR) is 64.5 cm³/mol. The average Bonchev–Trinajstić information content (AvgIpc) is 2.90. The average molecular weight is 262 g/mol. The predicted octanol–water partition coefficient (Wildman–Crippen LogP) is 2.63. The van der Waals surface area contributed by atoms with Crippen LogP contribution in [0.5, 0.6) is 0 Å². The Morgan fingerprint density at radius 3 is 2.53 bits per heavy atom. The fraction of sp³-hybridized carbons (Fsp3) is 0.143. The summed E-state index contributed by atoms with van der Waals surface area (Å²) in [5.74, 6) is -1.57. The summed E-state index contributed by atoms with van der Waals surface area (Å²) in [7, 11) is 1.21. The molecule has 5 heteroatoms. The maximum atomic E-state index is 13.4. The maximum absolute atomic E-state index is 13.4. The molecule has 1 aromatic carbocycles. The van der Waals surface area contributed by atoms with E-state index in [-0.39, 0.29) is 23.5 Å². The number of methoxy groups -OCH3 is 1. The van der Waals surface area contributed by atoms with Crippen LogP contribution in [0.2, 0.25) is 0 Å². The van der Waals surface area contributed by atoms with Gasteiger partial charge in [-0.2, -0.15) is 0 Å². The molecule has 2 aromatic rings. The highest BCUT2D eigenvalue weighted by atomic mass is 19.1. The van der Waals surface area contributed by atoms with Crippen LogP contribution in [0.4, 0.5) is 4.39 Å². The van der Waals surface area contributed by atoms with Gasteiger partial charge in [0.05, 0.1) is 7.11 Å². The Morgan fingerprint density at radius 2 is 1.84 bits per heavy atom. The number of benzene rings is 1. The summed E-state index contributed by atoms with van der Waals surface area (Å²) in [5.41, 5.74) is 0.281. The highest BCUT2D eigenvalue weighted by Gasteiger charge is 2.17. The van der Waals surface area contributed by atoms with Crippen LogP contribution in [-0.4, -0.2) is 18.9 Å². The maximum Gasteiger partial charge on any atom is 0.373 e. The number of halogens is 1. The second kappa shape index (κ2) is 5.48. The molecule has 1 heterocycles. The van der Waals surface area contributed by atoms with Crippen LogP contribution in [0.15, 0.2) is 40.8 Å². The molecular weight excluding hydrogens is 251 g/mol. The number of furan rings is 1. The Bertz CT molecular complexity index is 615. The van der Waals surface area contributed by atoms with Gasteiger partial charge >= 0.3 is 5.97 Å². The number of carbonyl (C=O) groups is 2. The van der Waals surface area contributed by atoms with Crippen molar-refractivity contribution in [3.63, 3.8) is 0 Å². The number of Topliss-reactive ketones (excluding diaryl/α,β-unsaturated/α-hetero) is 1. The highest BCUT2D eigenvalue weighted by Crippen LogP contribution is 2.14. The molecule has 2 rings (SSSR count). The Labute approximate surface area is 108 Å². The molecule has 0 aliphatic rings. The summed E-state index contributed by atoms with van der Waals surface area (Å²) in [6, 6.07) is 8.72. The molecule has 0 bridgehead atoms. The van der Waals surface area contributed by atoms with Crippen molar-refractivity contribution in [2.45, 2.75) is 6.42 Å². The van der Waals surface area contributed by atoms with Gasteiger partial charge in [0, 0.05) is 6.42 Å². The van der Waals surface area contributed by atoms with Gasteiger partial charge in [0.25, 0.3) is 0 Å². The summed E-state index contributed by atoms with van der Waals surface area (Å²) in [4.78, 5) is 23.1. The highest BCUT2D eigenvalue weighted by molar-refractivity contribution is 5.96. The van der Waals surface area contributed by atoms with Gasteiger partial charge in [0.2, 0.25) is 11.5 Å². The zero-order valence-electron chi connectivity index (χ0n) is 10.2. The molecule has 0 N–H and O–H groups in total. The minimum absolute atomic E-state index is 0.00338. The lowest BCUT2D eigenvalue weighted by atomic mass is 10.1. The molecule has 4 nitrogen and oxygen atoms in total. The summed E-state index contributed by atoms with van der Waals surface area (Å²) < 4.78 is 22.9. The van der Waals surface area contributed by atoms with E-state index in [4.69, 9.17) is 4.42 Å².